The zero-order valence-electron chi connectivity index (χ0n) is 9.56. The maximum absolute atomic E-state index is 5.91. The van der Waals surface area contributed by atoms with Crippen LogP contribution >= 0.6 is 23.8 Å². The van der Waals surface area contributed by atoms with E-state index in [2.05, 4.69) is 10.3 Å². The van der Waals surface area contributed by atoms with Crippen molar-refractivity contribution in [3.05, 3.63) is 58.7 Å². The van der Waals surface area contributed by atoms with Gasteiger partial charge < -0.3 is 11.1 Å². The maximum Gasteiger partial charge on any atom is 0.126 e. The molecule has 0 unspecified atom stereocenters. The number of aromatic nitrogens is 1. The Morgan fingerprint density at radius 2 is 2.17 bits per heavy atom. The summed E-state index contributed by atoms with van der Waals surface area (Å²) in [6.07, 6.45) is 1.66. The Balaban J connectivity index is 2.00. The SMILES string of the molecule is NC(=S)c1ccc(NCc2cccc(Cl)c2)nc1. The van der Waals surface area contributed by atoms with Gasteiger partial charge in [0.25, 0.3) is 0 Å². The van der Waals surface area contributed by atoms with Gasteiger partial charge in [0.15, 0.2) is 0 Å². The Morgan fingerprint density at radius 1 is 1.33 bits per heavy atom. The molecule has 1 aromatic heterocycles. The van der Waals surface area contributed by atoms with Crippen LogP contribution in [0.25, 0.3) is 0 Å². The van der Waals surface area contributed by atoms with Gasteiger partial charge in [-0.2, -0.15) is 0 Å². The van der Waals surface area contributed by atoms with Gasteiger partial charge in [-0.25, -0.2) is 4.98 Å². The van der Waals surface area contributed by atoms with Crippen LogP contribution in [0.2, 0.25) is 5.02 Å². The van der Waals surface area contributed by atoms with Gasteiger partial charge in [0.05, 0.1) is 0 Å². The zero-order chi connectivity index (χ0) is 13.0. The summed E-state index contributed by atoms with van der Waals surface area (Å²) in [5.74, 6) is 0.773. The highest BCUT2D eigenvalue weighted by Gasteiger charge is 1.99. The van der Waals surface area contributed by atoms with Crippen molar-refractivity contribution in [2.24, 2.45) is 5.73 Å². The minimum absolute atomic E-state index is 0.351. The monoisotopic (exact) mass is 277 g/mol. The molecule has 2 aromatic rings. The second kappa shape index (κ2) is 5.80. The molecule has 0 bridgehead atoms. The van der Waals surface area contributed by atoms with Crippen molar-refractivity contribution in [2.45, 2.75) is 6.54 Å². The van der Waals surface area contributed by atoms with Crippen molar-refractivity contribution in [2.75, 3.05) is 5.32 Å². The molecule has 1 aromatic carbocycles. The van der Waals surface area contributed by atoms with Gasteiger partial charge >= 0.3 is 0 Å². The number of benzene rings is 1. The molecule has 0 atom stereocenters. The van der Waals surface area contributed by atoms with E-state index in [1.165, 1.54) is 0 Å². The number of nitrogens with zero attached hydrogens (tertiary/aromatic N) is 1. The van der Waals surface area contributed by atoms with E-state index >= 15 is 0 Å². The largest absolute Gasteiger partial charge is 0.389 e. The maximum atomic E-state index is 5.91. The molecule has 2 rings (SSSR count). The molecule has 0 aliphatic carbocycles. The summed E-state index contributed by atoms with van der Waals surface area (Å²) >= 11 is 10.8. The fourth-order valence-corrected chi connectivity index (χ4v) is 1.82. The summed E-state index contributed by atoms with van der Waals surface area (Å²) in [5, 5.41) is 3.93. The fraction of sp³-hybridized carbons (Fsp3) is 0.0769. The number of anilines is 1. The minimum atomic E-state index is 0.351. The number of pyridine rings is 1. The van der Waals surface area contributed by atoms with Crippen LogP contribution in [0.15, 0.2) is 42.6 Å². The molecule has 0 spiro atoms. The summed E-state index contributed by atoms with van der Waals surface area (Å²) in [6, 6.07) is 11.4. The van der Waals surface area contributed by atoms with Gasteiger partial charge in [0.1, 0.15) is 10.8 Å². The molecule has 0 fully saturated rings. The molecular formula is C13H12ClN3S. The van der Waals surface area contributed by atoms with Crippen molar-refractivity contribution < 1.29 is 0 Å². The molecule has 3 nitrogen and oxygen atoms in total. The summed E-state index contributed by atoms with van der Waals surface area (Å²) in [6.45, 7) is 0.667. The smallest absolute Gasteiger partial charge is 0.126 e. The van der Waals surface area contributed by atoms with Gasteiger partial charge in [-0.1, -0.05) is 36.0 Å². The van der Waals surface area contributed by atoms with Crippen molar-refractivity contribution in [1.29, 1.82) is 0 Å². The molecule has 18 heavy (non-hydrogen) atoms. The summed E-state index contributed by atoms with van der Waals surface area (Å²) in [4.78, 5) is 4.58. The molecular weight excluding hydrogens is 266 g/mol. The van der Waals surface area contributed by atoms with E-state index in [1.807, 2.05) is 36.4 Å². The highest BCUT2D eigenvalue weighted by atomic mass is 35.5. The van der Waals surface area contributed by atoms with Crippen LogP contribution in [-0.4, -0.2) is 9.97 Å². The van der Waals surface area contributed by atoms with Crippen molar-refractivity contribution in [1.82, 2.24) is 4.98 Å². The van der Waals surface area contributed by atoms with Gasteiger partial charge in [-0.15, -0.1) is 0 Å². The Morgan fingerprint density at radius 3 is 2.78 bits per heavy atom. The predicted molar refractivity (Wildman–Crippen MR) is 78.9 cm³/mol. The summed E-state index contributed by atoms with van der Waals surface area (Å²) in [7, 11) is 0. The van der Waals surface area contributed by atoms with E-state index < -0.39 is 0 Å². The van der Waals surface area contributed by atoms with E-state index in [1.54, 1.807) is 6.20 Å². The number of thiocarbonyl (C=S) groups is 1. The van der Waals surface area contributed by atoms with Gasteiger partial charge in [-0.05, 0) is 29.8 Å². The molecule has 0 amide bonds. The number of halogens is 1. The lowest BCUT2D eigenvalue weighted by Gasteiger charge is -2.06. The quantitative estimate of drug-likeness (QED) is 0.844. The summed E-state index contributed by atoms with van der Waals surface area (Å²) < 4.78 is 0. The van der Waals surface area contributed by atoms with Crippen LogP contribution in [0.1, 0.15) is 11.1 Å². The number of nitrogens with two attached hydrogens (primary N) is 1. The fourth-order valence-electron chi connectivity index (χ4n) is 1.48. The van der Waals surface area contributed by atoms with Gasteiger partial charge in [0.2, 0.25) is 0 Å². The van der Waals surface area contributed by atoms with Crippen molar-refractivity contribution >= 4 is 34.6 Å². The highest BCUT2D eigenvalue weighted by molar-refractivity contribution is 7.80. The van der Waals surface area contributed by atoms with E-state index in [4.69, 9.17) is 29.6 Å². The summed E-state index contributed by atoms with van der Waals surface area (Å²) in [5.41, 5.74) is 7.36. The normalized spacial score (nSPS) is 10.1. The van der Waals surface area contributed by atoms with E-state index in [0.29, 0.717) is 11.5 Å². The third-order valence-electron chi connectivity index (χ3n) is 2.41. The lowest BCUT2D eigenvalue weighted by Crippen LogP contribution is -2.10. The van der Waals surface area contributed by atoms with Crippen LogP contribution < -0.4 is 11.1 Å². The second-order valence-corrected chi connectivity index (χ2v) is 4.66. The van der Waals surface area contributed by atoms with E-state index in [9.17, 15) is 0 Å². The van der Waals surface area contributed by atoms with Crippen LogP contribution in [-0.2, 0) is 6.54 Å². The zero-order valence-corrected chi connectivity index (χ0v) is 11.1. The topological polar surface area (TPSA) is 50.9 Å². The Labute approximate surface area is 116 Å². The lowest BCUT2D eigenvalue weighted by atomic mass is 10.2. The Hall–Kier alpha value is -1.65. The number of hydrogen-bond donors (Lipinski definition) is 2. The molecule has 5 heteroatoms. The number of rotatable bonds is 4. The first-order valence-electron chi connectivity index (χ1n) is 5.39. The third-order valence-corrected chi connectivity index (χ3v) is 2.88. The van der Waals surface area contributed by atoms with Crippen molar-refractivity contribution in [3.8, 4) is 0 Å². The molecule has 92 valence electrons. The average Bonchev–Trinajstić information content (AvgIpc) is 2.37. The van der Waals surface area contributed by atoms with Crippen LogP contribution in [0.4, 0.5) is 5.82 Å². The first-order chi connectivity index (χ1) is 8.65. The van der Waals surface area contributed by atoms with Crippen LogP contribution in [0, 0.1) is 0 Å². The first-order valence-corrected chi connectivity index (χ1v) is 6.18. The molecule has 0 radical (unpaired) electrons. The Kier molecular flexibility index (Phi) is 4.12. The van der Waals surface area contributed by atoms with Gasteiger partial charge in [-0.3, -0.25) is 0 Å². The number of nitrogens with one attached hydrogen (secondary N) is 1. The van der Waals surface area contributed by atoms with E-state index in [-0.39, 0.29) is 0 Å². The molecule has 0 saturated carbocycles. The first kappa shape index (κ1) is 12.8. The highest BCUT2D eigenvalue weighted by Crippen LogP contribution is 2.12. The molecule has 0 aliphatic heterocycles. The molecule has 1 heterocycles. The average molecular weight is 278 g/mol. The molecule has 3 N–H and O–H groups in total. The lowest BCUT2D eigenvalue weighted by molar-refractivity contribution is 1.11. The standard InChI is InChI=1S/C13H12ClN3S/c14-11-3-1-2-9(6-11)7-16-12-5-4-10(8-17-12)13(15)18/h1-6,8H,7H2,(H2,15,18)(H,16,17). The van der Waals surface area contributed by atoms with Gasteiger partial charge in [0, 0.05) is 23.3 Å². The van der Waals surface area contributed by atoms with Crippen molar-refractivity contribution in [3.63, 3.8) is 0 Å². The molecule has 0 saturated heterocycles. The number of hydrogen-bond acceptors (Lipinski definition) is 3. The van der Waals surface area contributed by atoms with Crippen LogP contribution in [0.5, 0.6) is 0 Å². The predicted octanol–water partition coefficient (Wildman–Crippen LogP) is 2.98. The van der Waals surface area contributed by atoms with E-state index in [0.717, 1.165) is 22.0 Å². The second-order valence-electron chi connectivity index (χ2n) is 3.78. The Bertz CT molecular complexity index is 554. The van der Waals surface area contributed by atoms with Crippen LogP contribution in [0.3, 0.4) is 0 Å². The molecule has 0 aliphatic rings. The minimum Gasteiger partial charge on any atom is -0.389 e. The third kappa shape index (κ3) is 3.42.